The molecule has 2 N–H and O–H groups in total. The number of carbonyl (C=O) groups excluding carboxylic acids is 1. The third kappa shape index (κ3) is 4.38. The zero-order valence-electron chi connectivity index (χ0n) is 13.6. The summed E-state index contributed by atoms with van der Waals surface area (Å²) in [5.41, 5.74) is 0.330. The average molecular weight is 368 g/mol. The lowest BCUT2D eigenvalue weighted by Crippen LogP contribution is -2.37. The Hall–Kier alpha value is -2.36. The summed E-state index contributed by atoms with van der Waals surface area (Å²) in [5.74, 6) is -0.372. The predicted octanol–water partition coefficient (Wildman–Crippen LogP) is 1.74. The van der Waals surface area contributed by atoms with Crippen molar-refractivity contribution >= 4 is 27.7 Å². The minimum Gasteiger partial charge on any atom is -0.408 e. The molecule has 0 aromatic carbocycles. The Morgan fingerprint density at radius 1 is 1.32 bits per heavy atom. The zero-order valence-corrected chi connectivity index (χ0v) is 14.4. The highest BCUT2D eigenvalue weighted by atomic mass is 32.2. The van der Waals surface area contributed by atoms with Crippen molar-refractivity contribution < 1.29 is 23.2 Å². The molecular formula is C15H20N4O5S. The summed E-state index contributed by atoms with van der Waals surface area (Å²) < 4.78 is 31.6. The second kappa shape index (κ2) is 7.26. The predicted molar refractivity (Wildman–Crippen MR) is 90.0 cm³/mol. The van der Waals surface area contributed by atoms with Crippen LogP contribution in [0, 0.1) is 0 Å². The van der Waals surface area contributed by atoms with Gasteiger partial charge < -0.3 is 14.8 Å². The van der Waals surface area contributed by atoms with Crippen molar-refractivity contribution in [2.24, 2.45) is 5.16 Å². The molecule has 1 aromatic rings. The number of hydrogen-bond acceptors (Lipinski definition) is 7. The number of rotatable bonds is 4. The van der Waals surface area contributed by atoms with Gasteiger partial charge >= 0.3 is 6.09 Å². The van der Waals surface area contributed by atoms with Crippen LogP contribution in [0.5, 0.6) is 0 Å². The summed E-state index contributed by atoms with van der Waals surface area (Å²) in [6, 6.07) is 2.84. The Morgan fingerprint density at radius 3 is 2.68 bits per heavy atom. The molecule has 2 fully saturated rings. The Labute approximate surface area is 145 Å². The first-order chi connectivity index (χ1) is 12.0. The van der Waals surface area contributed by atoms with Crippen LogP contribution in [-0.2, 0) is 14.8 Å². The van der Waals surface area contributed by atoms with Gasteiger partial charge in [0.05, 0.1) is 10.9 Å². The third-order valence-electron chi connectivity index (χ3n) is 4.09. The number of likely N-dealkylation sites (tertiary alicyclic amines) is 1. The molecule has 2 aliphatic rings. The van der Waals surface area contributed by atoms with Crippen LogP contribution >= 0.6 is 0 Å². The highest BCUT2D eigenvalue weighted by Crippen LogP contribution is 2.29. The lowest BCUT2D eigenvalue weighted by atomic mass is 10.1. The van der Waals surface area contributed by atoms with Crippen molar-refractivity contribution in [3.8, 4) is 0 Å². The average Bonchev–Trinajstić information content (AvgIpc) is 3.46. The standard InChI is InChI=1S/C15H20N4O5S/c20-15(19-8-2-1-3-9-19)24-14(17-21)13-10-11(6-7-16-13)18-25(22,23)12-4-5-12/h6-7,10,12,21H,1-5,8-9H2,(H,16,18). The smallest absolute Gasteiger partial charge is 0.408 e. The van der Waals surface area contributed by atoms with E-state index in [2.05, 4.69) is 14.9 Å². The molecule has 1 saturated heterocycles. The Balaban J connectivity index is 1.70. The van der Waals surface area contributed by atoms with Crippen LogP contribution < -0.4 is 4.72 Å². The second-order valence-corrected chi connectivity index (χ2v) is 8.06. The van der Waals surface area contributed by atoms with Crippen molar-refractivity contribution in [3.63, 3.8) is 0 Å². The fourth-order valence-corrected chi connectivity index (χ4v) is 3.96. The lowest BCUT2D eigenvalue weighted by molar-refractivity contribution is 0.136. The zero-order chi connectivity index (χ0) is 17.9. The van der Waals surface area contributed by atoms with E-state index >= 15 is 0 Å². The SMILES string of the molecule is O=C(OC(=NO)c1cc(NS(=O)(=O)C2CC2)ccn1)N1CCCCC1. The van der Waals surface area contributed by atoms with Crippen LogP contribution in [0.15, 0.2) is 23.5 Å². The van der Waals surface area contributed by atoms with Gasteiger partial charge in [0.2, 0.25) is 10.0 Å². The third-order valence-corrected chi connectivity index (χ3v) is 5.96. The van der Waals surface area contributed by atoms with Crippen molar-refractivity contribution in [1.82, 2.24) is 9.88 Å². The molecule has 1 aliphatic carbocycles. The monoisotopic (exact) mass is 368 g/mol. The molecule has 0 atom stereocenters. The largest absolute Gasteiger partial charge is 0.416 e. The number of aromatic nitrogens is 1. The molecule has 1 aliphatic heterocycles. The second-order valence-electron chi connectivity index (χ2n) is 6.10. The minimum absolute atomic E-state index is 0.0591. The number of carbonyl (C=O) groups is 1. The first kappa shape index (κ1) is 17.5. The molecule has 9 nitrogen and oxygen atoms in total. The molecule has 136 valence electrons. The number of amides is 1. The van der Waals surface area contributed by atoms with Crippen LogP contribution in [0.2, 0.25) is 0 Å². The van der Waals surface area contributed by atoms with Crippen molar-refractivity contribution in [2.75, 3.05) is 17.8 Å². The maximum absolute atomic E-state index is 12.1. The van der Waals surface area contributed by atoms with E-state index in [1.807, 2.05) is 0 Å². The molecular weight excluding hydrogens is 348 g/mol. The number of piperidine rings is 1. The molecule has 10 heteroatoms. The van der Waals surface area contributed by atoms with E-state index in [0.29, 0.717) is 25.9 Å². The number of oxime groups is 1. The molecule has 25 heavy (non-hydrogen) atoms. The van der Waals surface area contributed by atoms with Crippen LogP contribution in [0.1, 0.15) is 37.8 Å². The number of ether oxygens (including phenoxy) is 1. The van der Waals surface area contributed by atoms with Gasteiger partial charge in [-0.05, 0) is 49.4 Å². The first-order valence-corrected chi connectivity index (χ1v) is 9.71. The van der Waals surface area contributed by atoms with E-state index in [0.717, 1.165) is 19.3 Å². The van der Waals surface area contributed by atoms with Gasteiger partial charge in [-0.25, -0.2) is 13.2 Å². The quantitative estimate of drug-likeness (QED) is 0.361. The van der Waals surface area contributed by atoms with Crippen LogP contribution in [-0.4, -0.2) is 53.8 Å². The number of nitrogens with one attached hydrogen (secondary N) is 1. The van der Waals surface area contributed by atoms with Gasteiger partial charge in [-0.1, -0.05) is 0 Å². The molecule has 1 amide bonds. The highest BCUT2D eigenvalue weighted by Gasteiger charge is 2.35. The fraction of sp³-hybridized carbons (Fsp3) is 0.533. The summed E-state index contributed by atoms with van der Waals surface area (Å²) in [6.07, 6.45) is 4.89. The maximum atomic E-state index is 12.1. The molecule has 0 bridgehead atoms. The van der Waals surface area contributed by atoms with Crippen LogP contribution in [0.25, 0.3) is 0 Å². The molecule has 0 spiro atoms. The molecule has 1 saturated carbocycles. The Morgan fingerprint density at radius 2 is 2.04 bits per heavy atom. The molecule has 3 rings (SSSR count). The van der Waals surface area contributed by atoms with E-state index in [1.54, 1.807) is 0 Å². The van der Waals surface area contributed by atoms with E-state index in [9.17, 15) is 13.2 Å². The van der Waals surface area contributed by atoms with Gasteiger partial charge in [0, 0.05) is 19.3 Å². The Bertz CT molecular complexity index is 770. The van der Waals surface area contributed by atoms with E-state index < -0.39 is 16.1 Å². The number of anilines is 1. The number of nitrogens with zero attached hydrogens (tertiary/aromatic N) is 3. The summed E-state index contributed by atoms with van der Waals surface area (Å²) in [5, 5.41) is 11.8. The van der Waals surface area contributed by atoms with Gasteiger partial charge in [-0.3, -0.25) is 9.71 Å². The number of sulfonamides is 1. The first-order valence-electron chi connectivity index (χ1n) is 8.16. The van der Waals surface area contributed by atoms with E-state index in [-0.39, 0.29) is 22.5 Å². The van der Waals surface area contributed by atoms with E-state index in [4.69, 9.17) is 9.94 Å². The fourth-order valence-electron chi connectivity index (χ4n) is 2.58. The van der Waals surface area contributed by atoms with Crippen molar-refractivity contribution in [1.29, 1.82) is 0 Å². The van der Waals surface area contributed by atoms with E-state index in [1.165, 1.54) is 23.2 Å². The van der Waals surface area contributed by atoms with Crippen molar-refractivity contribution in [2.45, 2.75) is 37.4 Å². The molecule has 1 aromatic heterocycles. The van der Waals surface area contributed by atoms with Gasteiger partial charge in [-0.2, -0.15) is 0 Å². The van der Waals surface area contributed by atoms with Crippen molar-refractivity contribution in [3.05, 3.63) is 24.0 Å². The summed E-state index contributed by atoms with van der Waals surface area (Å²) in [7, 11) is -3.43. The van der Waals surface area contributed by atoms with Crippen LogP contribution in [0.4, 0.5) is 10.5 Å². The maximum Gasteiger partial charge on any atom is 0.416 e. The summed E-state index contributed by atoms with van der Waals surface area (Å²) >= 11 is 0. The molecule has 0 unspecified atom stereocenters. The minimum atomic E-state index is -3.43. The van der Waals surface area contributed by atoms with Gasteiger partial charge in [-0.15, -0.1) is 0 Å². The lowest BCUT2D eigenvalue weighted by Gasteiger charge is -2.25. The number of pyridine rings is 1. The molecule has 0 radical (unpaired) electrons. The van der Waals surface area contributed by atoms with Crippen LogP contribution in [0.3, 0.4) is 0 Å². The topological polar surface area (TPSA) is 121 Å². The summed E-state index contributed by atoms with van der Waals surface area (Å²) in [6.45, 7) is 1.18. The highest BCUT2D eigenvalue weighted by molar-refractivity contribution is 7.93. The normalized spacial score (nSPS) is 18.7. The van der Waals surface area contributed by atoms with Gasteiger partial charge in [0.25, 0.3) is 5.90 Å². The number of hydrogen-bond donors (Lipinski definition) is 2. The summed E-state index contributed by atoms with van der Waals surface area (Å²) in [4.78, 5) is 17.6. The molecule has 2 heterocycles. The van der Waals surface area contributed by atoms with Gasteiger partial charge in [0.15, 0.2) is 0 Å². The van der Waals surface area contributed by atoms with Gasteiger partial charge in [0.1, 0.15) is 5.69 Å². The Kier molecular flexibility index (Phi) is 5.07.